The molecular weight excluding hydrogens is 334 g/mol. The number of nitrogens with one attached hydrogen (secondary N) is 1. The zero-order chi connectivity index (χ0) is 19.1. The molecule has 1 aliphatic rings. The largest absolute Gasteiger partial charge is 0.493 e. The lowest BCUT2D eigenvalue weighted by Crippen LogP contribution is -2.50. The third-order valence-electron chi connectivity index (χ3n) is 4.78. The first-order chi connectivity index (χ1) is 12.5. The number of amides is 3. The quantitative estimate of drug-likeness (QED) is 0.842. The molecule has 2 rings (SSSR count). The molecule has 1 aromatic carbocycles. The minimum Gasteiger partial charge on any atom is -0.493 e. The number of hydrogen-bond donors (Lipinski definition) is 1. The number of ether oxygens (including phenoxy) is 2. The Bertz CT molecular complexity index is 623. The fraction of sp³-hybridized carbons (Fsp3) is 0.579. The lowest BCUT2D eigenvalue weighted by atomic mass is 10.0. The monoisotopic (exact) mass is 363 g/mol. The maximum Gasteiger partial charge on any atom is 0.319 e. The third kappa shape index (κ3) is 4.59. The van der Waals surface area contributed by atoms with Crippen LogP contribution in [0.25, 0.3) is 0 Å². The fourth-order valence-corrected chi connectivity index (χ4v) is 3.16. The van der Waals surface area contributed by atoms with Crippen molar-refractivity contribution in [3.8, 4) is 11.5 Å². The minimum absolute atomic E-state index is 0.0661. The van der Waals surface area contributed by atoms with Gasteiger partial charge in [-0.2, -0.15) is 0 Å². The molecule has 7 heteroatoms. The zero-order valence-electron chi connectivity index (χ0n) is 16.1. The van der Waals surface area contributed by atoms with E-state index in [9.17, 15) is 9.59 Å². The number of carbonyl (C=O) groups excluding carboxylic acids is 2. The van der Waals surface area contributed by atoms with Crippen LogP contribution in [0.1, 0.15) is 37.0 Å². The maximum atomic E-state index is 12.5. The first-order valence-electron chi connectivity index (χ1n) is 9.10. The molecule has 144 valence electrons. The summed E-state index contributed by atoms with van der Waals surface area (Å²) in [6.07, 6.45) is 1.51. The standard InChI is InChI=1S/C19H29N3O4/c1-5-21(6-2)19(24)22-11-9-15(10-12-22)20-18(23)14-7-8-16(25-3)17(13-14)26-4/h7-8,13,15H,5-6,9-12H2,1-4H3,(H,20,23). The van der Waals surface area contributed by atoms with Crippen LogP contribution in [-0.2, 0) is 0 Å². The number of rotatable bonds is 6. The van der Waals surface area contributed by atoms with E-state index in [1.54, 1.807) is 32.4 Å². The van der Waals surface area contributed by atoms with E-state index in [-0.39, 0.29) is 18.0 Å². The Hall–Kier alpha value is -2.44. The molecule has 0 saturated carbocycles. The molecule has 7 nitrogen and oxygen atoms in total. The third-order valence-corrected chi connectivity index (χ3v) is 4.78. The second-order valence-corrected chi connectivity index (χ2v) is 6.26. The number of hydrogen-bond acceptors (Lipinski definition) is 4. The van der Waals surface area contributed by atoms with Gasteiger partial charge in [-0.25, -0.2) is 4.79 Å². The van der Waals surface area contributed by atoms with Gasteiger partial charge >= 0.3 is 6.03 Å². The minimum atomic E-state index is -0.139. The summed E-state index contributed by atoms with van der Waals surface area (Å²) in [6.45, 7) is 6.71. The van der Waals surface area contributed by atoms with Crippen molar-refractivity contribution in [2.45, 2.75) is 32.7 Å². The zero-order valence-corrected chi connectivity index (χ0v) is 16.1. The number of urea groups is 1. The average molecular weight is 363 g/mol. The van der Waals surface area contributed by atoms with Crippen LogP contribution in [-0.4, -0.2) is 68.2 Å². The van der Waals surface area contributed by atoms with Crippen molar-refractivity contribution in [3.63, 3.8) is 0 Å². The van der Waals surface area contributed by atoms with Gasteiger partial charge in [0.2, 0.25) is 0 Å². The molecule has 1 aromatic rings. The summed E-state index contributed by atoms with van der Waals surface area (Å²) in [5.41, 5.74) is 0.532. The Balaban J connectivity index is 1.91. The summed E-state index contributed by atoms with van der Waals surface area (Å²) >= 11 is 0. The second-order valence-electron chi connectivity index (χ2n) is 6.26. The van der Waals surface area contributed by atoms with Gasteiger partial charge in [0.15, 0.2) is 11.5 Å². The number of nitrogens with zero attached hydrogens (tertiary/aromatic N) is 2. The van der Waals surface area contributed by atoms with Crippen molar-refractivity contribution in [2.75, 3.05) is 40.4 Å². The van der Waals surface area contributed by atoms with Gasteiger partial charge < -0.3 is 24.6 Å². The van der Waals surface area contributed by atoms with Crippen LogP contribution in [0.4, 0.5) is 4.79 Å². The highest BCUT2D eigenvalue weighted by Gasteiger charge is 2.26. The molecule has 0 radical (unpaired) electrons. The molecule has 0 aliphatic carbocycles. The van der Waals surface area contributed by atoms with Crippen LogP contribution < -0.4 is 14.8 Å². The molecule has 1 saturated heterocycles. The predicted octanol–water partition coefficient (Wildman–Crippen LogP) is 2.36. The highest BCUT2D eigenvalue weighted by Crippen LogP contribution is 2.27. The summed E-state index contributed by atoms with van der Waals surface area (Å²) < 4.78 is 10.4. The lowest BCUT2D eigenvalue weighted by molar-refractivity contribution is 0.0911. The van der Waals surface area contributed by atoms with Crippen molar-refractivity contribution in [2.24, 2.45) is 0 Å². The summed E-state index contributed by atoms with van der Waals surface area (Å²) in [6, 6.07) is 5.26. The number of methoxy groups -OCH3 is 2. The number of carbonyl (C=O) groups is 2. The van der Waals surface area contributed by atoms with Gasteiger partial charge in [0.25, 0.3) is 5.91 Å². The second kappa shape index (κ2) is 9.31. The average Bonchev–Trinajstić information content (AvgIpc) is 2.68. The van der Waals surface area contributed by atoms with E-state index in [4.69, 9.17) is 9.47 Å². The molecule has 1 heterocycles. The van der Waals surface area contributed by atoms with Crippen LogP contribution in [0, 0.1) is 0 Å². The van der Waals surface area contributed by atoms with Crippen LogP contribution in [0.15, 0.2) is 18.2 Å². The van der Waals surface area contributed by atoms with E-state index in [0.29, 0.717) is 43.2 Å². The van der Waals surface area contributed by atoms with Crippen LogP contribution in [0.3, 0.4) is 0 Å². The van der Waals surface area contributed by atoms with Crippen molar-refractivity contribution >= 4 is 11.9 Å². The SMILES string of the molecule is CCN(CC)C(=O)N1CCC(NC(=O)c2ccc(OC)c(OC)c2)CC1. The lowest BCUT2D eigenvalue weighted by Gasteiger charge is -2.35. The Morgan fingerprint density at radius 1 is 1.12 bits per heavy atom. The summed E-state index contributed by atoms with van der Waals surface area (Å²) in [5.74, 6) is 0.978. The summed E-state index contributed by atoms with van der Waals surface area (Å²) in [4.78, 5) is 28.6. The van der Waals surface area contributed by atoms with Gasteiger partial charge in [0.05, 0.1) is 14.2 Å². The van der Waals surface area contributed by atoms with Gasteiger partial charge in [-0.15, -0.1) is 0 Å². The first kappa shape index (κ1) is 19.9. The van der Waals surface area contributed by atoms with Crippen LogP contribution >= 0.6 is 0 Å². The molecule has 0 atom stereocenters. The molecule has 0 spiro atoms. The van der Waals surface area contributed by atoms with Crippen molar-refractivity contribution in [3.05, 3.63) is 23.8 Å². The van der Waals surface area contributed by atoms with E-state index in [1.807, 2.05) is 23.6 Å². The molecule has 3 amide bonds. The Labute approximate surface area is 155 Å². The van der Waals surface area contributed by atoms with Crippen LogP contribution in [0.5, 0.6) is 11.5 Å². The Kier molecular flexibility index (Phi) is 7.12. The van der Waals surface area contributed by atoms with E-state index in [0.717, 1.165) is 12.8 Å². The topological polar surface area (TPSA) is 71.1 Å². The highest BCUT2D eigenvalue weighted by molar-refractivity contribution is 5.95. The number of benzene rings is 1. The molecule has 26 heavy (non-hydrogen) atoms. The molecular formula is C19H29N3O4. The molecule has 1 N–H and O–H groups in total. The van der Waals surface area contributed by atoms with Gasteiger partial charge in [-0.3, -0.25) is 4.79 Å². The van der Waals surface area contributed by atoms with E-state index < -0.39 is 0 Å². The fourth-order valence-electron chi connectivity index (χ4n) is 3.16. The van der Waals surface area contributed by atoms with Crippen molar-refractivity contribution < 1.29 is 19.1 Å². The Morgan fingerprint density at radius 3 is 2.27 bits per heavy atom. The van der Waals surface area contributed by atoms with Crippen molar-refractivity contribution in [1.82, 2.24) is 15.1 Å². The molecule has 0 unspecified atom stereocenters. The maximum absolute atomic E-state index is 12.5. The predicted molar refractivity (Wildman–Crippen MR) is 99.9 cm³/mol. The molecule has 1 fully saturated rings. The van der Waals surface area contributed by atoms with E-state index in [2.05, 4.69) is 5.32 Å². The van der Waals surface area contributed by atoms with Gasteiger partial charge in [0, 0.05) is 37.8 Å². The van der Waals surface area contributed by atoms with Gasteiger partial charge in [-0.1, -0.05) is 0 Å². The number of piperidine rings is 1. The smallest absolute Gasteiger partial charge is 0.319 e. The van der Waals surface area contributed by atoms with Gasteiger partial charge in [-0.05, 0) is 44.9 Å². The van der Waals surface area contributed by atoms with E-state index >= 15 is 0 Å². The first-order valence-corrected chi connectivity index (χ1v) is 9.10. The van der Waals surface area contributed by atoms with Crippen molar-refractivity contribution in [1.29, 1.82) is 0 Å². The normalized spacial score (nSPS) is 14.7. The van der Waals surface area contributed by atoms with E-state index in [1.165, 1.54) is 0 Å². The molecule has 1 aliphatic heterocycles. The molecule has 0 bridgehead atoms. The highest BCUT2D eigenvalue weighted by atomic mass is 16.5. The summed E-state index contributed by atoms with van der Waals surface area (Å²) in [7, 11) is 3.10. The summed E-state index contributed by atoms with van der Waals surface area (Å²) in [5, 5.41) is 3.05. The van der Waals surface area contributed by atoms with Gasteiger partial charge in [0.1, 0.15) is 0 Å². The Morgan fingerprint density at radius 2 is 1.73 bits per heavy atom. The molecule has 0 aromatic heterocycles. The van der Waals surface area contributed by atoms with Crippen LogP contribution in [0.2, 0.25) is 0 Å². The number of likely N-dealkylation sites (tertiary alicyclic amines) is 1.